The molecule has 1 aromatic rings. The molecule has 0 nitrogen and oxygen atoms in total. The van der Waals surface area contributed by atoms with Crippen molar-refractivity contribution in [3.8, 4) is 0 Å². The van der Waals surface area contributed by atoms with E-state index in [2.05, 4.69) is 30.3 Å². The lowest BCUT2D eigenvalue weighted by molar-refractivity contribution is 0.499. The summed E-state index contributed by atoms with van der Waals surface area (Å²) in [4.78, 5) is 1.38. The zero-order chi connectivity index (χ0) is 10.3. The summed E-state index contributed by atoms with van der Waals surface area (Å²) in [5.41, 5.74) is 0. The topological polar surface area (TPSA) is 0 Å². The summed E-state index contributed by atoms with van der Waals surface area (Å²) in [6, 6.07) is 10.7. The van der Waals surface area contributed by atoms with Crippen LogP contribution in [0.4, 0.5) is 0 Å². The van der Waals surface area contributed by atoms with Crippen LogP contribution in [0.15, 0.2) is 35.2 Å². The van der Waals surface area contributed by atoms with Crippen molar-refractivity contribution in [1.29, 1.82) is 0 Å². The van der Waals surface area contributed by atoms with Crippen LogP contribution in [0.1, 0.15) is 19.3 Å². The van der Waals surface area contributed by atoms with Gasteiger partial charge in [-0.15, -0.1) is 23.4 Å². The Morgan fingerprint density at radius 3 is 2.47 bits per heavy atom. The van der Waals surface area contributed by atoms with Gasteiger partial charge in [0.15, 0.2) is 0 Å². The molecule has 0 aromatic heterocycles. The van der Waals surface area contributed by atoms with Crippen LogP contribution in [0.25, 0.3) is 0 Å². The van der Waals surface area contributed by atoms with E-state index < -0.39 is 0 Å². The number of halogens is 1. The van der Waals surface area contributed by atoms with E-state index in [9.17, 15) is 0 Å². The van der Waals surface area contributed by atoms with Crippen molar-refractivity contribution in [3.63, 3.8) is 0 Å². The molecule has 2 aliphatic carbocycles. The minimum Gasteiger partial charge on any atom is -0.121 e. The van der Waals surface area contributed by atoms with Crippen LogP contribution in [0.2, 0.25) is 0 Å². The molecule has 0 radical (unpaired) electrons. The number of hydrogen-bond donors (Lipinski definition) is 0. The Kier molecular flexibility index (Phi) is 2.70. The van der Waals surface area contributed by atoms with Crippen molar-refractivity contribution in [2.45, 2.75) is 34.8 Å². The van der Waals surface area contributed by atoms with E-state index >= 15 is 0 Å². The number of fused-ring (bicyclic) bond motifs is 2. The molecule has 2 fully saturated rings. The molecule has 2 bridgehead atoms. The molecule has 3 rings (SSSR count). The van der Waals surface area contributed by atoms with Crippen molar-refractivity contribution < 1.29 is 0 Å². The molecule has 15 heavy (non-hydrogen) atoms. The fraction of sp³-hybridized carbons (Fsp3) is 0.538. The van der Waals surface area contributed by atoms with Gasteiger partial charge < -0.3 is 0 Å². The normalized spacial score (nSPS) is 38.5. The van der Waals surface area contributed by atoms with E-state index in [0.29, 0.717) is 10.6 Å². The molecule has 80 valence electrons. The maximum absolute atomic E-state index is 6.50. The first-order valence-corrected chi connectivity index (χ1v) is 7.02. The second-order valence-corrected chi connectivity index (χ2v) is 6.43. The molecular weight excluding hydrogens is 224 g/mol. The first kappa shape index (κ1) is 10.0. The highest BCUT2D eigenvalue weighted by Gasteiger charge is 2.46. The first-order chi connectivity index (χ1) is 7.34. The quantitative estimate of drug-likeness (QED) is 0.697. The van der Waals surface area contributed by atoms with Gasteiger partial charge in [0.1, 0.15) is 0 Å². The van der Waals surface area contributed by atoms with Gasteiger partial charge in [0, 0.05) is 15.5 Å². The molecule has 1 aromatic carbocycles. The molecule has 2 heteroatoms. The monoisotopic (exact) mass is 238 g/mol. The maximum Gasteiger partial charge on any atom is 0.0489 e. The average molecular weight is 239 g/mol. The average Bonchev–Trinajstić information content (AvgIpc) is 2.84. The summed E-state index contributed by atoms with van der Waals surface area (Å²) in [7, 11) is 0. The second-order valence-electron chi connectivity index (χ2n) is 4.67. The van der Waals surface area contributed by atoms with Crippen LogP contribution in [0.5, 0.6) is 0 Å². The minimum atomic E-state index is 0.411. The Morgan fingerprint density at radius 2 is 1.80 bits per heavy atom. The van der Waals surface area contributed by atoms with Gasteiger partial charge in [-0.1, -0.05) is 18.2 Å². The molecule has 0 N–H and O–H groups in total. The molecule has 0 unspecified atom stereocenters. The molecule has 4 atom stereocenters. The first-order valence-electron chi connectivity index (χ1n) is 5.70. The summed E-state index contributed by atoms with van der Waals surface area (Å²) in [5, 5.41) is 1.07. The van der Waals surface area contributed by atoms with Crippen LogP contribution in [0.3, 0.4) is 0 Å². The van der Waals surface area contributed by atoms with Crippen molar-refractivity contribution in [2.24, 2.45) is 11.8 Å². The molecule has 2 saturated carbocycles. The fourth-order valence-corrected chi connectivity index (χ4v) is 5.00. The highest BCUT2D eigenvalue weighted by Crippen LogP contribution is 2.53. The second kappa shape index (κ2) is 4.03. The summed E-state index contributed by atoms with van der Waals surface area (Å²) in [6.45, 7) is 0. The van der Waals surface area contributed by atoms with Crippen molar-refractivity contribution in [1.82, 2.24) is 0 Å². The van der Waals surface area contributed by atoms with Crippen LogP contribution < -0.4 is 0 Å². The predicted octanol–water partition coefficient (Wildman–Crippen LogP) is 4.18. The standard InChI is InChI=1S/C13H15ClS/c14-12-9-6-7-10(8-9)13(12)15-11-4-2-1-3-5-11/h1-5,9-10,12-13H,6-8H2/t9-,10+,12-,13-/m1/s1. The number of rotatable bonds is 2. The molecular formula is C13H15ClS. The Morgan fingerprint density at radius 1 is 1.07 bits per heavy atom. The van der Waals surface area contributed by atoms with Gasteiger partial charge >= 0.3 is 0 Å². The SMILES string of the molecule is Cl[C@@H]1[C@@H]2CC[C@@H](C2)[C@H]1Sc1ccccc1. The van der Waals surface area contributed by atoms with Gasteiger partial charge in [-0.2, -0.15) is 0 Å². The van der Waals surface area contributed by atoms with Crippen molar-refractivity contribution >= 4 is 23.4 Å². The summed E-state index contributed by atoms with van der Waals surface area (Å²) in [6.07, 6.45) is 4.14. The lowest BCUT2D eigenvalue weighted by Crippen LogP contribution is -2.24. The van der Waals surface area contributed by atoms with E-state index in [1.165, 1.54) is 24.2 Å². The van der Waals surface area contributed by atoms with Gasteiger partial charge in [-0.3, -0.25) is 0 Å². The lowest BCUT2D eigenvalue weighted by atomic mass is 10.00. The van der Waals surface area contributed by atoms with Crippen LogP contribution >= 0.6 is 23.4 Å². The van der Waals surface area contributed by atoms with Crippen LogP contribution in [0, 0.1) is 11.8 Å². The molecule has 0 heterocycles. The third kappa shape index (κ3) is 1.81. The minimum absolute atomic E-state index is 0.411. The molecule has 0 aliphatic heterocycles. The Bertz CT molecular complexity index is 336. The smallest absolute Gasteiger partial charge is 0.0489 e. The number of hydrogen-bond acceptors (Lipinski definition) is 1. The summed E-state index contributed by atoms with van der Waals surface area (Å²) < 4.78 is 0. The van der Waals surface area contributed by atoms with Crippen LogP contribution in [-0.2, 0) is 0 Å². The molecule has 0 saturated heterocycles. The predicted molar refractivity (Wildman–Crippen MR) is 66.6 cm³/mol. The van der Waals surface area contributed by atoms with E-state index in [-0.39, 0.29) is 0 Å². The Hall–Kier alpha value is -0.140. The molecule has 2 aliphatic rings. The van der Waals surface area contributed by atoms with E-state index in [4.69, 9.17) is 11.6 Å². The van der Waals surface area contributed by atoms with Crippen LogP contribution in [-0.4, -0.2) is 10.6 Å². The zero-order valence-electron chi connectivity index (χ0n) is 8.60. The molecule has 0 amide bonds. The number of benzene rings is 1. The summed E-state index contributed by atoms with van der Waals surface area (Å²) >= 11 is 8.49. The van der Waals surface area contributed by atoms with Crippen molar-refractivity contribution in [3.05, 3.63) is 30.3 Å². The largest absolute Gasteiger partial charge is 0.121 e. The fourth-order valence-electron chi connectivity index (χ4n) is 2.99. The maximum atomic E-state index is 6.50. The van der Waals surface area contributed by atoms with Gasteiger partial charge in [0.25, 0.3) is 0 Å². The van der Waals surface area contributed by atoms with E-state index in [1.54, 1.807) is 0 Å². The zero-order valence-corrected chi connectivity index (χ0v) is 10.2. The van der Waals surface area contributed by atoms with Crippen molar-refractivity contribution in [2.75, 3.05) is 0 Å². The van der Waals surface area contributed by atoms with E-state index in [0.717, 1.165) is 11.8 Å². The third-order valence-electron chi connectivity index (χ3n) is 3.76. The highest BCUT2D eigenvalue weighted by molar-refractivity contribution is 8.00. The number of thioether (sulfide) groups is 1. The Balaban J connectivity index is 1.74. The van der Waals surface area contributed by atoms with Gasteiger partial charge in [-0.25, -0.2) is 0 Å². The van der Waals surface area contributed by atoms with Gasteiger partial charge in [-0.05, 0) is 43.2 Å². The molecule has 0 spiro atoms. The summed E-state index contributed by atoms with van der Waals surface area (Å²) in [5.74, 6) is 1.68. The van der Waals surface area contributed by atoms with Gasteiger partial charge in [0.2, 0.25) is 0 Å². The number of alkyl halides is 1. The highest BCUT2D eigenvalue weighted by atomic mass is 35.5. The van der Waals surface area contributed by atoms with E-state index in [1.807, 2.05) is 11.8 Å². The Labute approximate surface area is 100 Å². The lowest BCUT2D eigenvalue weighted by Gasteiger charge is -2.25. The third-order valence-corrected chi connectivity index (χ3v) is 6.03. The van der Waals surface area contributed by atoms with Gasteiger partial charge in [0.05, 0.1) is 0 Å².